The molecule has 1 atom stereocenters. The highest BCUT2D eigenvalue weighted by Crippen LogP contribution is 2.30. The van der Waals surface area contributed by atoms with E-state index in [1.165, 1.54) is 0 Å². The molecule has 0 bridgehead atoms. The summed E-state index contributed by atoms with van der Waals surface area (Å²) in [5, 5.41) is 11.9. The number of nitriles is 1. The topological polar surface area (TPSA) is 88.1 Å². The van der Waals surface area contributed by atoms with Gasteiger partial charge in [0.25, 0.3) is 0 Å². The van der Waals surface area contributed by atoms with E-state index in [0.717, 1.165) is 19.4 Å². The summed E-state index contributed by atoms with van der Waals surface area (Å²) < 4.78 is 5.46. The summed E-state index contributed by atoms with van der Waals surface area (Å²) >= 11 is 0. The van der Waals surface area contributed by atoms with E-state index < -0.39 is 5.54 Å². The molecule has 2 fully saturated rings. The van der Waals surface area contributed by atoms with Crippen molar-refractivity contribution >= 4 is 5.91 Å². The van der Waals surface area contributed by atoms with Crippen LogP contribution < -0.4 is 11.1 Å². The number of hydrogen-bond acceptors (Lipinski definition) is 4. The van der Waals surface area contributed by atoms with E-state index in [-0.39, 0.29) is 17.9 Å². The number of nitrogens with zero attached hydrogens (tertiary/aromatic N) is 1. The number of rotatable bonds is 3. The van der Waals surface area contributed by atoms with Crippen LogP contribution in [0.25, 0.3) is 0 Å². The van der Waals surface area contributed by atoms with Crippen molar-refractivity contribution in [3.8, 4) is 6.07 Å². The number of hydrogen-bond donors (Lipinski definition) is 2. The van der Waals surface area contributed by atoms with Crippen LogP contribution in [0, 0.1) is 17.2 Å². The monoisotopic (exact) mass is 251 g/mol. The predicted molar refractivity (Wildman–Crippen MR) is 66.5 cm³/mol. The van der Waals surface area contributed by atoms with Gasteiger partial charge in [-0.15, -0.1) is 0 Å². The Hall–Kier alpha value is -1.12. The van der Waals surface area contributed by atoms with Gasteiger partial charge >= 0.3 is 0 Å². The zero-order valence-electron chi connectivity index (χ0n) is 10.7. The summed E-state index contributed by atoms with van der Waals surface area (Å²) in [4.78, 5) is 12.0. The van der Waals surface area contributed by atoms with Gasteiger partial charge in [0.1, 0.15) is 5.54 Å². The molecule has 0 spiro atoms. The van der Waals surface area contributed by atoms with Crippen LogP contribution in [0.1, 0.15) is 38.5 Å². The molecule has 2 rings (SSSR count). The summed E-state index contributed by atoms with van der Waals surface area (Å²) in [6, 6.07) is 2.14. The fourth-order valence-electron chi connectivity index (χ4n) is 2.67. The third-order valence-electron chi connectivity index (χ3n) is 4.00. The third-order valence-corrected chi connectivity index (χ3v) is 4.00. The minimum Gasteiger partial charge on any atom is -0.376 e. The fraction of sp³-hybridized carbons (Fsp3) is 0.846. The second-order valence-corrected chi connectivity index (χ2v) is 5.42. The molecule has 18 heavy (non-hydrogen) atoms. The van der Waals surface area contributed by atoms with Gasteiger partial charge in [0.2, 0.25) is 5.91 Å². The Bertz CT molecular complexity index is 337. The van der Waals surface area contributed by atoms with Crippen LogP contribution in [-0.4, -0.2) is 30.7 Å². The van der Waals surface area contributed by atoms with Crippen LogP contribution in [-0.2, 0) is 9.53 Å². The zero-order chi connectivity index (χ0) is 13.0. The van der Waals surface area contributed by atoms with E-state index >= 15 is 0 Å². The lowest BCUT2D eigenvalue weighted by atomic mass is 9.77. The number of amides is 1. The quantitative estimate of drug-likeness (QED) is 0.772. The van der Waals surface area contributed by atoms with Crippen LogP contribution in [0.15, 0.2) is 0 Å². The largest absolute Gasteiger partial charge is 0.376 e. The number of ether oxygens (including phenoxy) is 1. The molecule has 1 amide bonds. The minimum atomic E-state index is -0.717. The first-order valence-corrected chi connectivity index (χ1v) is 6.72. The SMILES string of the molecule is N#CC1(N)CCC(C(=O)NCC2CCCO2)CC1. The average molecular weight is 251 g/mol. The van der Waals surface area contributed by atoms with Gasteiger partial charge in [-0.2, -0.15) is 5.26 Å². The molecule has 0 radical (unpaired) electrons. The van der Waals surface area contributed by atoms with Crippen molar-refractivity contribution < 1.29 is 9.53 Å². The summed E-state index contributed by atoms with van der Waals surface area (Å²) in [7, 11) is 0. The first-order valence-electron chi connectivity index (χ1n) is 6.72. The van der Waals surface area contributed by atoms with Crippen LogP contribution in [0.5, 0.6) is 0 Å². The molecule has 1 aliphatic carbocycles. The highest BCUT2D eigenvalue weighted by molar-refractivity contribution is 5.78. The number of carbonyl (C=O) groups excluding carboxylic acids is 1. The summed E-state index contributed by atoms with van der Waals surface area (Å²) in [5.74, 6) is 0.0990. The van der Waals surface area contributed by atoms with Crippen LogP contribution in [0.2, 0.25) is 0 Å². The molecular weight excluding hydrogens is 230 g/mol. The van der Waals surface area contributed by atoms with Crippen LogP contribution >= 0.6 is 0 Å². The maximum atomic E-state index is 12.0. The molecule has 1 aliphatic heterocycles. The third kappa shape index (κ3) is 3.21. The maximum Gasteiger partial charge on any atom is 0.223 e. The van der Waals surface area contributed by atoms with Crippen molar-refractivity contribution in [2.24, 2.45) is 11.7 Å². The van der Waals surface area contributed by atoms with E-state index in [0.29, 0.717) is 32.2 Å². The molecular formula is C13H21N3O2. The lowest BCUT2D eigenvalue weighted by Gasteiger charge is -2.31. The Balaban J connectivity index is 1.72. The standard InChI is InChI=1S/C13H21N3O2/c14-9-13(15)5-3-10(4-6-13)12(17)16-8-11-2-1-7-18-11/h10-11H,1-8,15H2,(H,16,17). The van der Waals surface area contributed by atoms with Gasteiger partial charge in [-0.3, -0.25) is 4.79 Å². The molecule has 1 saturated carbocycles. The van der Waals surface area contributed by atoms with Crippen molar-refractivity contribution in [3.05, 3.63) is 0 Å². The van der Waals surface area contributed by atoms with Gasteiger partial charge in [0.15, 0.2) is 0 Å². The summed E-state index contributed by atoms with van der Waals surface area (Å²) in [5.41, 5.74) is 5.16. The Morgan fingerprint density at radius 3 is 2.72 bits per heavy atom. The van der Waals surface area contributed by atoms with Crippen molar-refractivity contribution in [3.63, 3.8) is 0 Å². The first-order chi connectivity index (χ1) is 8.63. The molecule has 1 unspecified atom stereocenters. The Labute approximate surface area is 108 Å². The highest BCUT2D eigenvalue weighted by Gasteiger charge is 2.34. The molecule has 5 heteroatoms. The van der Waals surface area contributed by atoms with E-state index in [1.54, 1.807) is 0 Å². The Morgan fingerprint density at radius 2 is 2.17 bits per heavy atom. The van der Waals surface area contributed by atoms with E-state index in [1.807, 2.05) is 0 Å². The van der Waals surface area contributed by atoms with E-state index in [2.05, 4.69) is 11.4 Å². The van der Waals surface area contributed by atoms with Crippen LogP contribution in [0.4, 0.5) is 0 Å². The molecule has 100 valence electrons. The maximum absolute atomic E-state index is 12.0. The predicted octanol–water partition coefficient (Wildman–Crippen LogP) is 0.693. The Kier molecular flexibility index (Phi) is 4.20. The van der Waals surface area contributed by atoms with Crippen molar-refractivity contribution in [1.82, 2.24) is 5.32 Å². The van der Waals surface area contributed by atoms with Crippen molar-refractivity contribution in [2.45, 2.75) is 50.2 Å². The highest BCUT2D eigenvalue weighted by atomic mass is 16.5. The summed E-state index contributed by atoms with van der Waals surface area (Å²) in [6.45, 7) is 1.42. The molecule has 1 saturated heterocycles. The molecule has 1 heterocycles. The lowest BCUT2D eigenvalue weighted by Crippen LogP contribution is -2.45. The molecule has 3 N–H and O–H groups in total. The number of carbonyl (C=O) groups is 1. The van der Waals surface area contributed by atoms with E-state index in [4.69, 9.17) is 15.7 Å². The zero-order valence-corrected chi connectivity index (χ0v) is 10.7. The van der Waals surface area contributed by atoms with Gasteiger partial charge in [0.05, 0.1) is 12.2 Å². The molecule has 0 aromatic rings. The molecule has 2 aliphatic rings. The molecule has 0 aromatic heterocycles. The van der Waals surface area contributed by atoms with Crippen molar-refractivity contribution in [2.75, 3.05) is 13.2 Å². The lowest BCUT2D eigenvalue weighted by molar-refractivity contribution is -0.126. The van der Waals surface area contributed by atoms with Gasteiger partial charge in [-0.25, -0.2) is 0 Å². The van der Waals surface area contributed by atoms with Gasteiger partial charge in [0, 0.05) is 19.1 Å². The van der Waals surface area contributed by atoms with Gasteiger partial charge in [-0.05, 0) is 38.5 Å². The number of nitrogens with two attached hydrogens (primary N) is 1. The second-order valence-electron chi connectivity index (χ2n) is 5.42. The minimum absolute atomic E-state index is 0.0106. The molecule has 5 nitrogen and oxygen atoms in total. The Morgan fingerprint density at radius 1 is 1.44 bits per heavy atom. The first kappa shape index (κ1) is 13.3. The van der Waals surface area contributed by atoms with Crippen molar-refractivity contribution in [1.29, 1.82) is 5.26 Å². The van der Waals surface area contributed by atoms with E-state index in [9.17, 15) is 4.79 Å². The molecule has 0 aromatic carbocycles. The van der Waals surface area contributed by atoms with Gasteiger partial charge in [-0.1, -0.05) is 0 Å². The number of nitrogens with one attached hydrogen (secondary N) is 1. The fourth-order valence-corrected chi connectivity index (χ4v) is 2.67. The van der Waals surface area contributed by atoms with Gasteiger partial charge < -0.3 is 15.8 Å². The second kappa shape index (κ2) is 5.68. The summed E-state index contributed by atoms with van der Waals surface area (Å²) in [6.07, 6.45) is 4.95. The smallest absolute Gasteiger partial charge is 0.223 e. The normalized spacial score (nSPS) is 36.0. The average Bonchev–Trinajstić information content (AvgIpc) is 2.90. The van der Waals surface area contributed by atoms with Crippen LogP contribution in [0.3, 0.4) is 0 Å².